The number of ether oxygens (including phenoxy) is 1. The summed E-state index contributed by atoms with van der Waals surface area (Å²) in [5.41, 5.74) is 1.23. The van der Waals surface area contributed by atoms with Gasteiger partial charge in [-0.15, -0.1) is 0 Å². The second kappa shape index (κ2) is 7.20. The van der Waals surface area contributed by atoms with Gasteiger partial charge in [0, 0.05) is 23.6 Å². The number of likely N-dealkylation sites (N-methyl/N-ethyl adjacent to an activating group) is 1. The Balaban J connectivity index is 1.70. The summed E-state index contributed by atoms with van der Waals surface area (Å²) >= 11 is 0. The van der Waals surface area contributed by atoms with Gasteiger partial charge in [0.25, 0.3) is 5.91 Å². The number of hydrogen-bond acceptors (Lipinski definition) is 4. The number of aromatic nitrogens is 1. The van der Waals surface area contributed by atoms with Crippen LogP contribution in [0.25, 0.3) is 10.9 Å². The highest BCUT2D eigenvalue weighted by molar-refractivity contribution is 6.06. The van der Waals surface area contributed by atoms with Crippen LogP contribution < -0.4 is 0 Å². The molecule has 1 heterocycles. The van der Waals surface area contributed by atoms with Crippen LogP contribution in [0, 0.1) is 18.3 Å². The van der Waals surface area contributed by atoms with E-state index in [2.05, 4.69) is 11.1 Å². The average Bonchev–Trinajstić information content (AvgIpc) is 3.01. The lowest BCUT2D eigenvalue weighted by atomic mass is 9.81. The van der Waals surface area contributed by atoms with Crippen LogP contribution in [-0.4, -0.2) is 41.0 Å². The number of nitrogens with zero attached hydrogens (tertiary/aromatic N) is 2. The maximum absolute atomic E-state index is 12.5. The number of amides is 1. The Hall–Kier alpha value is -2.81. The highest BCUT2D eigenvalue weighted by Crippen LogP contribution is 2.32. The van der Waals surface area contributed by atoms with E-state index >= 15 is 0 Å². The summed E-state index contributed by atoms with van der Waals surface area (Å²) in [7, 11) is 1.63. The lowest BCUT2D eigenvalue weighted by molar-refractivity contribution is -0.138. The fourth-order valence-electron chi connectivity index (χ4n) is 3.73. The Morgan fingerprint density at radius 1 is 1.27 bits per heavy atom. The molecule has 6 heteroatoms. The molecule has 0 unspecified atom stereocenters. The van der Waals surface area contributed by atoms with Crippen LogP contribution in [0.3, 0.4) is 0 Å². The molecule has 2 aromatic rings. The molecule has 0 spiro atoms. The molecule has 1 amide bonds. The third-order valence-electron chi connectivity index (χ3n) is 5.33. The van der Waals surface area contributed by atoms with Gasteiger partial charge < -0.3 is 14.6 Å². The van der Waals surface area contributed by atoms with Crippen molar-refractivity contribution in [2.75, 3.05) is 13.7 Å². The third-order valence-corrected chi connectivity index (χ3v) is 5.33. The molecule has 1 aromatic heterocycles. The first kappa shape index (κ1) is 18.0. The number of nitriles is 1. The van der Waals surface area contributed by atoms with Gasteiger partial charge in [0.15, 0.2) is 6.61 Å². The molecule has 1 N–H and O–H groups in total. The average molecular weight is 353 g/mol. The first-order chi connectivity index (χ1) is 12.5. The van der Waals surface area contributed by atoms with Crippen LogP contribution in [0.4, 0.5) is 0 Å². The van der Waals surface area contributed by atoms with Gasteiger partial charge in [-0.3, -0.25) is 4.79 Å². The van der Waals surface area contributed by atoms with Crippen molar-refractivity contribution in [2.24, 2.45) is 0 Å². The predicted octanol–water partition coefficient (Wildman–Crippen LogP) is 3.32. The number of fused-ring (bicyclic) bond motifs is 1. The normalized spacial score (nSPS) is 16.0. The van der Waals surface area contributed by atoms with Gasteiger partial charge in [-0.2, -0.15) is 5.26 Å². The van der Waals surface area contributed by atoms with E-state index in [9.17, 15) is 14.9 Å². The van der Waals surface area contributed by atoms with Crippen LogP contribution in [0.2, 0.25) is 0 Å². The highest BCUT2D eigenvalue weighted by Gasteiger charge is 2.39. The summed E-state index contributed by atoms with van der Waals surface area (Å²) in [5.74, 6) is -0.879. The molecule has 1 aromatic carbocycles. The fraction of sp³-hybridized carbons (Fsp3) is 0.450. The summed E-state index contributed by atoms with van der Waals surface area (Å²) in [6, 6.07) is 9.77. The number of aryl methyl sites for hydroxylation is 1. The van der Waals surface area contributed by atoms with Crippen molar-refractivity contribution in [1.29, 1.82) is 5.26 Å². The number of benzene rings is 1. The third kappa shape index (κ3) is 3.17. The smallest absolute Gasteiger partial charge is 0.341 e. The van der Waals surface area contributed by atoms with Crippen molar-refractivity contribution in [1.82, 2.24) is 9.88 Å². The molecule has 1 fully saturated rings. The number of aromatic amines is 1. The number of rotatable bonds is 4. The van der Waals surface area contributed by atoms with E-state index in [-0.39, 0.29) is 12.5 Å². The molecule has 0 bridgehead atoms. The van der Waals surface area contributed by atoms with Crippen LogP contribution in [0.5, 0.6) is 0 Å². The van der Waals surface area contributed by atoms with Gasteiger partial charge in [0.1, 0.15) is 5.54 Å². The van der Waals surface area contributed by atoms with Crippen LogP contribution in [0.1, 0.15) is 48.2 Å². The second-order valence-corrected chi connectivity index (χ2v) is 6.90. The number of nitrogens with one attached hydrogen (secondary N) is 1. The van der Waals surface area contributed by atoms with Crippen molar-refractivity contribution in [3.05, 3.63) is 35.5 Å². The van der Waals surface area contributed by atoms with Crippen molar-refractivity contribution in [3.63, 3.8) is 0 Å². The molecule has 3 rings (SSSR count). The lowest BCUT2D eigenvalue weighted by Gasteiger charge is -2.38. The van der Waals surface area contributed by atoms with Crippen LogP contribution in [0.15, 0.2) is 24.3 Å². The summed E-state index contributed by atoms with van der Waals surface area (Å²) in [5, 5.41) is 10.4. The van der Waals surface area contributed by atoms with Gasteiger partial charge in [-0.05, 0) is 25.8 Å². The van der Waals surface area contributed by atoms with Crippen molar-refractivity contribution in [3.8, 4) is 6.07 Å². The van der Waals surface area contributed by atoms with E-state index in [1.807, 2.05) is 24.3 Å². The summed E-state index contributed by atoms with van der Waals surface area (Å²) < 4.78 is 5.28. The van der Waals surface area contributed by atoms with Crippen molar-refractivity contribution >= 4 is 22.8 Å². The molecule has 136 valence electrons. The van der Waals surface area contributed by atoms with Gasteiger partial charge in [0.2, 0.25) is 0 Å². The molecule has 1 saturated carbocycles. The molecule has 0 aliphatic heterocycles. The SMILES string of the molecule is Cc1[nH]c2ccccc2c1C(=O)OCC(=O)N(C)C1(C#N)CCCCC1. The molecular formula is C20H23N3O3. The van der Waals surface area contributed by atoms with Crippen molar-refractivity contribution in [2.45, 2.75) is 44.6 Å². The van der Waals surface area contributed by atoms with E-state index in [1.165, 1.54) is 4.90 Å². The Kier molecular flexibility index (Phi) is 4.99. The van der Waals surface area contributed by atoms with E-state index in [0.717, 1.165) is 30.2 Å². The van der Waals surface area contributed by atoms with Gasteiger partial charge >= 0.3 is 5.97 Å². The molecule has 6 nitrogen and oxygen atoms in total. The summed E-state index contributed by atoms with van der Waals surface area (Å²) in [6.45, 7) is 1.44. The van der Waals surface area contributed by atoms with Crippen molar-refractivity contribution < 1.29 is 14.3 Å². The first-order valence-electron chi connectivity index (χ1n) is 8.91. The summed E-state index contributed by atoms with van der Waals surface area (Å²) in [4.78, 5) is 29.6. The Morgan fingerprint density at radius 3 is 2.65 bits per heavy atom. The predicted molar refractivity (Wildman–Crippen MR) is 97.5 cm³/mol. The zero-order valence-electron chi connectivity index (χ0n) is 15.2. The van der Waals surface area contributed by atoms with E-state index in [1.54, 1.807) is 14.0 Å². The Bertz CT molecular complexity index is 872. The Morgan fingerprint density at radius 2 is 1.96 bits per heavy atom. The highest BCUT2D eigenvalue weighted by atomic mass is 16.5. The molecule has 1 aliphatic carbocycles. The fourth-order valence-corrected chi connectivity index (χ4v) is 3.73. The number of carbonyl (C=O) groups is 2. The number of esters is 1. The minimum Gasteiger partial charge on any atom is -0.452 e. The quantitative estimate of drug-likeness (QED) is 0.854. The van der Waals surface area contributed by atoms with Gasteiger partial charge in [-0.1, -0.05) is 37.5 Å². The number of carbonyl (C=O) groups excluding carboxylic acids is 2. The number of hydrogen-bond donors (Lipinski definition) is 1. The van der Waals surface area contributed by atoms with E-state index in [0.29, 0.717) is 24.1 Å². The van der Waals surface area contributed by atoms with Gasteiger partial charge in [-0.25, -0.2) is 4.79 Å². The summed E-state index contributed by atoms with van der Waals surface area (Å²) in [6.07, 6.45) is 4.28. The minimum absolute atomic E-state index is 0.348. The number of para-hydroxylation sites is 1. The monoisotopic (exact) mass is 353 g/mol. The van der Waals surface area contributed by atoms with Gasteiger partial charge in [0.05, 0.1) is 11.6 Å². The topological polar surface area (TPSA) is 86.2 Å². The molecular weight excluding hydrogens is 330 g/mol. The maximum Gasteiger partial charge on any atom is 0.341 e. The molecule has 0 radical (unpaired) electrons. The second-order valence-electron chi connectivity index (χ2n) is 6.90. The molecule has 0 atom stereocenters. The van der Waals surface area contributed by atoms with Crippen LogP contribution in [-0.2, 0) is 9.53 Å². The zero-order chi connectivity index (χ0) is 18.7. The first-order valence-corrected chi connectivity index (χ1v) is 8.91. The van der Waals surface area contributed by atoms with Crippen LogP contribution >= 0.6 is 0 Å². The molecule has 0 saturated heterocycles. The molecule has 26 heavy (non-hydrogen) atoms. The minimum atomic E-state index is -0.779. The Labute approximate surface area is 152 Å². The lowest BCUT2D eigenvalue weighted by Crippen LogP contribution is -2.51. The van der Waals surface area contributed by atoms with E-state index < -0.39 is 11.5 Å². The largest absolute Gasteiger partial charge is 0.452 e. The molecule has 1 aliphatic rings. The number of H-pyrrole nitrogens is 1. The standard InChI is InChI=1S/C20H23N3O3/c1-14-18(15-8-4-5-9-16(15)22-14)19(25)26-12-17(24)23(2)20(13-21)10-6-3-7-11-20/h4-5,8-9,22H,3,6-7,10-12H2,1-2H3. The van der Waals surface area contributed by atoms with E-state index in [4.69, 9.17) is 4.74 Å². The maximum atomic E-state index is 12.5. The zero-order valence-corrected chi connectivity index (χ0v) is 15.2.